The Balaban J connectivity index is 0.00000353. The molecule has 0 heterocycles. The molecule has 0 amide bonds. The number of para-hydroxylation sites is 2. The molecule has 0 saturated heterocycles. The molecule has 0 aromatic heterocycles. The average Bonchev–Trinajstić information content (AvgIpc) is 2.93. The minimum absolute atomic E-state index is 0. The van der Waals surface area contributed by atoms with E-state index >= 15 is 0 Å². The molecular weight excluding hydrogens is 535 g/mol. The summed E-state index contributed by atoms with van der Waals surface area (Å²) in [5, 5.41) is 27.3. The van der Waals surface area contributed by atoms with Crippen molar-refractivity contribution in [2.24, 2.45) is 0 Å². The predicted octanol–water partition coefficient (Wildman–Crippen LogP) is 5.10. The van der Waals surface area contributed by atoms with Crippen molar-refractivity contribution < 1.29 is 36.3 Å². The van der Waals surface area contributed by atoms with E-state index in [9.17, 15) is 19.8 Å². The molecule has 3 aliphatic carbocycles. The number of aromatic hydroxyl groups is 2. The van der Waals surface area contributed by atoms with Gasteiger partial charge in [0.25, 0.3) is 0 Å². The number of phenolic OH excluding ortho intramolecular Hbond substituents is 2. The van der Waals surface area contributed by atoms with Crippen LogP contribution in [0.15, 0.2) is 109 Å². The summed E-state index contributed by atoms with van der Waals surface area (Å²) in [5.74, 6) is -0.145. The van der Waals surface area contributed by atoms with E-state index in [1.54, 1.807) is 85.2 Å². The summed E-state index contributed by atoms with van der Waals surface area (Å²) in [5.41, 5.74) is 2.99. The molecule has 4 N–H and O–H groups in total. The second-order valence-corrected chi connectivity index (χ2v) is 9.60. The number of hydrogen-bond acceptors (Lipinski definition) is 6. The van der Waals surface area contributed by atoms with Crippen molar-refractivity contribution in [1.82, 2.24) is 10.6 Å². The van der Waals surface area contributed by atoms with Crippen molar-refractivity contribution in [3.8, 4) is 11.5 Å². The van der Waals surface area contributed by atoms with E-state index < -0.39 is 0 Å². The molecular formula is C32H30N2NiO4. The number of ketones is 2. The molecule has 0 bridgehead atoms. The Labute approximate surface area is 238 Å². The molecule has 0 radical (unpaired) electrons. The van der Waals surface area contributed by atoms with E-state index in [0.29, 0.717) is 33.4 Å². The second kappa shape index (κ2) is 12.6. The van der Waals surface area contributed by atoms with E-state index in [-0.39, 0.29) is 51.6 Å². The number of benzene rings is 2. The predicted molar refractivity (Wildman–Crippen MR) is 149 cm³/mol. The van der Waals surface area contributed by atoms with Crippen molar-refractivity contribution in [2.75, 3.05) is 0 Å². The van der Waals surface area contributed by atoms with Gasteiger partial charge in [0.1, 0.15) is 11.5 Å². The van der Waals surface area contributed by atoms with Gasteiger partial charge in [0.15, 0.2) is 11.6 Å². The first-order valence-electron chi connectivity index (χ1n) is 12.9. The van der Waals surface area contributed by atoms with Gasteiger partial charge in [0.2, 0.25) is 0 Å². The van der Waals surface area contributed by atoms with Crippen LogP contribution >= 0.6 is 0 Å². The normalized spacial score (nSPS) is 22.8. The maximum absolute atomic E-state index is 13.1. The number of carbonyl (C=O) groups is 2. The Kier molecular flexibility index (Phi) is 9.05. The van der Waals surface area contributed by atoms with E-state index in [4.69, 9.17) is 0 Å². The molecule has 202 valence electrons. The molecule has 6 nitrogen and oxygen atoms in total. The number of carbonyl (C=O) groups excluding carboxylic acids is 2. The molecule has 2 aromatic carbocycles. The summed E-state index contributed by atoms with van der Waals surface area (Å²) in [7, 11) is 0. The fraction of sp³-hybridized carbons (Fsp3) is 0.188. The third-order valence-corrected chi connectivity index (χ3v) is 7.15. The number of phenols is 2. The Morgan fingerprint density at radius 2 is 1.08 bits per heavy atom. The van der Waals surface area contributed by atoms with E-state index in [1.807, 2.05) is 12.2 Å². The van der Waals surface area contributed by atoms with Gasteiger partial charge in [0.05, 0.1) is 0 Å². The second-order valence-electron chi connectivity index (χ2n) is 9.60. The smallest absolute Gasteiger partial charge is 0.195 e. The molecule has 0 aliphatic heterocycles. The summed E-state index contributed by atoms with van der Waals surface area (Å²) in [6, 6.07) is 13.8. The SMILES string of the molecule is O=C1C(c2ccccc2O)=CC=C/C1=C/N[C@@H]1CCCC[C@H]1N/C=C1/C=CC=C(c2ccccc2O)C1=O.[Ni]. The Morgan fingerprint density at radius 3 is 1.49 bits per heavy atom. The first-order valence-corrected chi connectivity index (χ1v) is 12.9. The van der Waals surface area contributed by atoms with E-state index in [1.165, 1.54) is 0 Å². The summed E-state index contributed by atoms with van der Waals surface area (Å²) < 4.78 is 0. The van der Waals surface area contributed by atoms with E-state index in [0.717, 1.165) is 25.7 Å². The van der Waals surface area contributed by atoms with Crippen LogP contribution in [-0.4, -0.2) is 33.9 Å². The van der Waals surface area contributed by atoms with Crippen LogP contribution in [0.2, 0.25) is 0 Å². The zero-order valence-corrected chi connectivity index (χ0v) is 22.2. The van der Waals surface area contributed by atoms with Crippen molar-refractivity contribution in [2.45, 2.75) is 37.8 Å². The minimum Gasteiger partial charge on any atom is -0.507 e. The molecule has 3 aliphatic rings. The number of allylic oxidation sites excluding steroid dienone is 10. The van der Waals surface area contributed by atoms with Crippen LogP contribution in [0.5, 0.6) is 11.5 Å². The van der Waals surface area contributed by atoms with Gasteiger partial charge in [0, 0.05) is 74.4 Å². The van der Waals surface area contributed by atoms with Crippen LogP contribution in [0, 0.1) is 0 Å². The van der Waals surface area contributed by atoms with Gasteiger partial charge >= 0.3 is 0 Å². The van der Waals surface area contributed by atoms with Crippen molar-refractivity contribution in [1.29, 1.82) is 0 Å². The van der Waals surface area contributed by atoms with Crippen LogP contribution in [0.3, 0.4) is 0 Å². The molecule has 5 rings (SSSR count). The number of nitrogens with one attached hydrogen (secondary N) is 2. The minimum atomic E-state index is -0.148. The zero-order chi connectivity index (χ0) is 26.5. The molecule has 2 atom stereocenters. The van der Waals surface area contributed by atoms with Gasteiger partial charge in [-0.05, 0) is 37.1 Å². The standard InChI is InChI=1S/C32H30N2O4.Ni/c35-29-17-5-1-11-23(29)25-13-7-9-21(31(25)37)19-33-27-15-3-4-16-28(27)34-20-22-10-8-14-26(32(22)38)24-12-2-6-18-30(24)36;/h1-2,5-14,17-20,27-28,33-36H,3-4,15-16H2;/b21-19-,22-20-;/t27-,28-;/m1./s1. The first kappa shape index (κ1) is 27.9. The van der Waals surface area contributed by atoms with Gasteiger partial charge in [-0.25, -0.2) is 0 Å². The largest absolute Gasteiger partial charge is 0.507 e. The Morgan fingerprint density at radius 1 is 0.667 bits per heavy atom. The topological polar surface area (TPSA) is 98.7 Å². The molecule has 7 heteroatoms. The summed E-state index contributed by atoms with van der Waals surface area (Å²) >= 11 is 0. The fourth-order valence-electron chi connectivity index (χ4n) is 5.09. The van der Waals surface area contributed by atoms with Gasteiger partial charge in [-0.1, -0.05) is 73.5 Å². The summed E-state index contributed by atoms with van der Waals surface area (Å²) in [6.45, 7) is 0. The number of rotatable bonds is 6. The van der Waals surface area contributed by atoms with Crippen LogP contribution in [0.25, 0.3) is 11.1 Å². The molecule has 39 heavy (non-hydrogen) atoms. The van der Waals surface area contributed by atoms with Gasteiger partial charge in [-0.2, -0.15) is 0 Å². The molecule has 0 unspecified atom stereocenters. The number of Topliss-reactive ketones (excluding diaryl/α,β-unsaturated/α-hetero) is 2. The monoisotopic (exact) mass is 564 g/mol. The maximum atomic E-state index is 13.1. The molecule has 0 spiro atoms. The molecule has 2 aromatic rings. The Hall–Kier alpha value is -4.09. The summed E-state index contributed by atoms with van der Waals surface area (Å²) in [4.78, 5) is 26.3. The van der Waals surface area contributed by atoms with Crippen LogP contribution < -0.4 is 10.6 Å². The van der Waals surface area contributed by atoms with Crippen molar-refractivity contribution in [3.63, 3.8) is 0 Å². The molecule has 1 saturated carbocycles. The quantitative estimate of drug-likeness (QED) is 0.288. The number of hydrogen-bond donors (Lipinski definition) is 4. The van der Waals surface area contributed by atoms with E-state index in [2.05, 4.69) is 10.6 Å². The fourth-order valence-corrected chi connectivity index (χ4v) is 5.09. The van der Waals surface area contributed by atoms with Crippen molar-refractivity contribution in [3.05, 3.63) is 120 Å². The average molecular weight is 565 g/mol. The van der Waals surface area contributed by atoms with Gasteiger partial charge in [-0.3, -0.25) is 9.59 Å². The first-order chi connectivity index (χ1) is 18.5. The van der Waals surface area contributed by atoms with Gasteiger partial charge in [-0.15, -0.1) is 0 Å². The zero-order valence-electron chi connectivity index (χ0n) is 21.2. The third kappa shape index (κ3) is 6.15. The maximum Gasteiger partial charge on any atom is 0.195 e. The van der Waals surface area contributed by atoms with Crippen LogP contribution in [0.4, 0.5) is 0 Å². The third-order valence-electron chi connectivity index (χ3n) is 7.15. The van der Waals surface area contributed by atoms with Crippen LogP contribution in [0.1, 0.15) is 36.8 Å². The molecule has 1 fully saturated rings. The summed E-state index contributed by atoms with van der Waals surface area (Å²) in [6.07, 6.45) is 18.1. The van der Waals surface area contributed by atoms with Gasteiger partial charge < -0.3 is 20.8 Å². The Bertz CT molecular complexity index is 1340. The van der Waals surface area contributed by atoms with Crippen LogP contribution in [-0.2, 0) is 26.1 Å². The van der Waals surface area contributed by atoms with Crippen molar-refractivity contribution >= 4 is 22.7 Å².